The van der Waals surface area contributed by atoms with Crippen molar-refractivity contribution in [1.82, 2.24) is 9.97 Å². The summed E-state index contributed by atoms with van der Waals surface area (Å²) in [4.78, 5) is 9.99. The maximum absolute atomic E-state index is 14.2. The molecule has 2 aromatic carbocycles. The van der Waals surface area contributed by atoms with Gasteiger partial charge in [-0.05, 0) is 54.1 Å². The summed E-state index contributed by atoms with van der Waals surface area (Å²) in [5.41, 5.74) is 2.38. The van der Waals surface area contributed by atoms with Crippen LogP contribution < -0.4 is 4.90 Å². The van der Waals surface area contributed by atoms with Crippen molar-refractivity contribution >= 4 is 45.5 Å². The first kappa shape index (κ1) is 18.6. The molecule has 4 aromatic rings. The molecule has 0 amide bonds. The lowest BCUT2D eigenvalue weighted by Gasteiger charge is -2.26. The van der Waals surface area contributed by atoms with Crippen molar-refractivity contribution in [3.8, 4) is 0 Å². The molecular formula is C21H13Cl2F2N3. The van der Waals surface area contributed by atoms with Crippen molar-refractivity contribution in [3.05, 3.63) is 94.4 Å². The van der Waals surface area contributed by atoms with Crippen LogP contribution in [0.25, 0.3) is 10.9 Å². The van der Waals surface area contributed by atoms with E-state index in [-0.39, 0.29) is 5.52 Å². The molecule has 2 aromatic heterocycles. The molecule has 0 fully saturated rings. The molecule has 140 valence electrons. The number of hydrogen-bond donors (Lipinski definition) is 0. The molecule has 0 bridgehead atoms. The van der Waals surface area contributed by atoms with E-state index >= 15 is 0 Å². The van der Waals surface area contributed by atoms with Gasteiger partial charge in [0.05, 0.1) is 0 Å². The Morgan fingerprint density at radius 1 is 0.857 bits per heavy atom. The third-order valence-electron chi connectivity index (χ3n) is 4.36. The van der Waals surface area contributed by atoms with E-state index in [2.05, 4.69) is 9.97 Å². The Bertz CT molecular complexity index is 1120. The topological polar surface area (TPSA) is 29.0 Å². The van der Waals surface area contributed by atoms with Gasteiger partial charge >= 0.3 is 0 Å². The van der Waals surface area contributed by atoms with Crippen molar-refractivity contribution in [1.29, 1.82) is 0 Å². The summed E-state index contributed by atoms with van der Waals surface area (Å²) in [5.74, 6) is -1.88. The Hall–Kier alpha value is -2.76. The molecule has 0 spiro atoms. The van der Waals surface area contributed by atoms with E-state index in [0.717, 1.165) is 23.0 Å². The van der Waals surface area contributed by atoms with E-state index in [4.69, 9.17) is 23.2 Å². The van der Waals surface area contributed by atoms with Gasteiger partial charge in [0.25, 0.3) is 0 Å². The normalized spacial score (nSPS) is 11.0. The quantitative estimate of drug-likeness (QED) is 0.353. The zero-order chi connectivity index (χ0) is 19.7. The maximum Gasteiger partial charge on any atom is 0.184 e. The number of rotatable bonds is 4. The number of fused-ring (bicyclic) bond motifs is 1. The third kappa shape index (κ3) is 3.63. The second-order valence-electron chi connectivity index (χ2n) is 6.13. The van der Waals surface area contributed by atoms with Gasteiger partial charge in [0.1, 0.15) is 10.7 Å². The Morgan fingerprint density at radius 2 is 1.64 bits per heavy atom. The van der Waals surface area contributed by atoms with Crippen molar-refractivity contribution in [2.24, 2.45) is 0 Å². The molecule has 2 heterocycles. The highest BCUT2D eigenvalue weighted by atomic mass is 35.5. The zero-order valence-electron chi connectivity index (χ0n) is 14.4. The zero-order valence-corrected chi connectivity index (χ0v) is 15.9. The second kappa shape index (κ2) is 7.70. The third-order valence-corrected chi connectivity index (χ3v) is 4.81. The largest absolute Gasteiger partial charge is 0.337 e. The lowest BCUT2D eigenvalue weighted by Crippen LogP contribution is -2.17. The lowest BCUT2D eigenvalue weighted by molar-refractivity contribution is 0.515. The SMILES string of the molecule is Fc1ccc2c(CN(c3cccc(Cl)c3)c3ccnc(Cl)c3)ccnc2c1F. The summed E-state index contributed by atoms with van der Waals surface area (Å²) in [7, 11) is 0. The summed E-state index contributed by atoms with van der Waals surface area (Å²) in [6, 6.07) is 15.3. The molecule has 0 saturated heterocycles. The van der Waals surface area contributed by atoms with Crippen LogP contribution in [0.1, 0.15) is 5.56 Å². The molecule has 28 heavy (non-hydrogen) atoms. The van der Waals surface area contributed by atoms with Crippen LogP contribution in [0.3, 0.4) is 0 Å². The van der Waals surface area contributed by atoms with Gasteiger partial charge in [-0.1, -0.05) is 29.3 Å². The van der Waals surface area contributed by atoms with Gasteiger partial charge in [0.15, 0.2) is 11.6 Å². The maximum atomic E-state index is 14.2. The summed E-state index contributed by atoms with van der Waals surface area (Å²) in [5, 5.41) is 1.46. The van der Waals surface area contributed by atoms with E-state index in [9.17, 15) is 8.78 Å². The van der Waals surface area contributed by atoms with Crippen LogP contribution >= 0.6 is 23.2 Å². The predicted molar refractivity (Wildman–Crippen MR) is 108 cm³/mol. The summed E-state index contributed by atoms with van der Waals surface area (Å²) < 4.78 is 27.8. The van der Waals surface area contributed by atoms with Gasteiger partial charge in [-0.25, -0.2) is 13.8 Å². The molecule has 3 nitrogen and oxygen atoms in total. The minimum Gasteiger partial charge on any atom is -0.337 e. The lowest BCUT2D eigenvalue weighted by atomic mass is 10.1. The average molecular weight is 416 g/mol. The van der Waals surface area contributed by atoms with E-state index < -0.39 is 11.6 Å². The van der Waals surface area contributed by atoms with Gasteiger partial charge in [0.2, 0.25) is 0 Å². The predicted octanol–water partition coefficient (Wildman–Crippen LogP) is 6.55. The van der Waals surface area contributed by atoms with Gasteiger partial charge < -0.3 is 4.90 Å². The molecule has 0 N–H and O–H groups in total. The molecule has 0 aliphatic heterocycles. The number of halogens is 4. The van der Waals surface area contributed by atoms with Crippen LogP contribution in [-0.2, 0) is 6.54 Å². The van der Waals surface area contributed by atoms with Crippen molar-refractivity contribution in [3.63, 3.8) is 0 Å². The van der Waals surface area contributed by atoms with Crippen LogP contribution in [0.15, 0.2) is 67.0 Å². The molecule has 0 aliphatic carbocycles. The summed E-state index contributed by atoms with van der Waals surface area (Å²) in [6.07, 6.45) is 3.07. The highest BCUT2D eigenvalue weighted by Crippen LogP contribution is 2.32. The van der Waals surface area contributed by atoms with Crippen LogP contribution in [0.4, 0.5) is 20.2 Å². The molecule has 0 aliphatic rings. The minimum absolute atomic E-state index is 0.00342. The van der Waals surface area contributed by atoms with Crippen molar-refractivity contribution < 1.29 is 8.78 Å². The molecular weight excluding hydrogens is 403 g/mol. The van der Waals surface area contributed by atoms with E-state index in [0.29, 0.717) is 22.1 Å². The van der Waals surface area contributed by atoms with Crippen molar-refractivity contribution in [2.75, 3.05) is 4.90 Å². The Morgan fingerprint density at radius 3 is 2.43 bits per heavy atom. The van der Waals surface area contributed by atoms with Gasteiger partial charge in [-0.2, -0.15) is 0 Å². The number of aromatic nitrogens is 2. The number of pyridine rings is 2. The monoisotopic (exact) mass is 415 g/mol. The minimum atomic E-state index is -0.958. The highest BCUT2D eigenvalue weighted by Gasteiger charge is 2.16. The van der Waals surface area contributed by atoms with Gasteiger partial charge in [-0.3, -0.25) is 4.98 Å². The number of benzene rings is 2. The molecule has 0 radical (unpaired) electrons. The van der Waals surface area contributed by atoms with E-state index in [1.165, 1.54) is 12.3 Å². The fraction of sp³-hybridized carbons (Fsp3) is 0.0476. The summed E-state index contributed by atoms with van der Waals surface area (Å²) >= 11 is 12.3. The Labute approximate surface area is 170 Å². The first-order valence-corrected chi connectivity index (χ1v) is 9.15. The summed E-state index contributed by atoms with van der Waals surface area (Å²) in [6.45, 7) is 0.366. The standard InChI is InChI=1S/C21H13Cl2F2N3/c22-14-2-1-3-15(10-14)28(16-7-9-26-19(23)11-16)12-13-6-8-27-21-17(13)4-5-18(24)20(21)25/h1-11H,12H2. The fourth-order valence-corrected chi connectivity index (χ4v) is 3.41. The molecule has 0 unspecified atom stereocenters. The van der Waals surface area contributed by atoms with E-state index in [1.54, 1.807) is 24.4 Å². The molecule has 7 heteroatoms. The first-order valence-electron chi connectivity index (χ1n) is 8.39. The molecule has 4 rings (SSSR count). The number of nitrogens with zero attached hydrogens (tertiary/aromatic N) is 3. The average Bonchev–Trinajstić information content (AvgIpc) is 2.69. The Kier molecular flexibility index (Phi) is 5.11. The molecule has 0 atom stereocenters. The highest BCUT2D eigenvalue weighted by molar-refractivity contribution is 6.31. The number of hydrogen-bond acceptors (Lipinski definition) is 3. The number of anilines is 2. The van der Waals surface area contributed by atoms with Crippen LogP contribution in [-0.4, -0.2) is 9.97 Å². The van der Waals surface area contributed by atoms with Crippen LogP contribution in [0.2, 0.25) is 10.2 Å². The first-order chi connectivity index (χ1) is 13.5. The molecule has 0 saturated carbocycles. The fourth-order valence-electron chi connectivity index (χ4n) is 3.06. The van der Waals surface area contributed by atoms with Crippen LogP contribution in [0, 0.1) is 11.6 Å². The van der Waals surface area contributed by atoms with Gasteiger partial charge in [-0.15, -0.1) is 0 Å². The second-order valence-corrected chi connectivity index (χ2v) is 6.95. The Balaban J connectivity index is 1.85. The van der Waals surface area contributed by atoms with Crippen LogP contribution in [0.5, 0.6) is 0 Å². The van der Waals surface area contributed by atoms with E-state index in [1.807, 2.05) is 29.2 Å². The van der Waals surface area contributed by atoms with Crippen molar-refractivity contribution in [2.45, 2.75) is 6.54 Å². The smallest absolute Gasteiger partial charge is 0.184 e. The van der Waals surface area contributed by atoms with Gasteiger partial charge in [0, 0.05) is 40.7 Å².